The zero-order valence-corrected chi connectivity index (χ0v) is 15.2. The van der Waals surface area contributed by atoms with E-state index in [0.29, 0.717) is 24.8 Å². The molecule has 0 bridgehead atoms. The van der Waals surface area contributed by atoms with E-state index in [9.17, 15) is 18.0 Å². The molecule has 3 rings (SSSR count). The summed E-state index contributed by atoms with van der Waals surface area (Å²) in [5.74, 6) is -0.173. The molecule has 2 aliphatic heterocycles. The van der Waals surface area contributed by atoms with Crippen LogP contribution in [-0.2, 0) is 11.0 Å². The second-order valence-electron chi connectivity index (χ2n) is 6.48. The van der Waals surface area contributed by atoms with E-state index in [0.717, 1.165) is 25.9 Å². The van der Waals surface area contributed by atoms with Gasteiger partial charge in [-0.25, -0.2) is 0 Å². The van der Waals surface area contributed by atoms with E-state index in [2.05, 4.69) is 25.9 Å². The average molecular weight is 409 g/mol. The Balaban J connectivity index is 1.79. The van der Waals surface area contributed by atoms with Gasteiger partial charge in [-0.3, -0.25) is 14.4 Å². The third-order valence-corrected chi connectivity index (χ3v) is 5.92. The largest absolute Gasteiger partial charge is 0.436 e. The van der Waals surface area contributed by atoms with Gasteiger partial charge in [0.05, 0.1) is 10.2 Å². The molecule has 1 amide bonds. The first kappa shape index (κ1) is 17.7. The Labute approximate surface area is 146 Å². The summed E-state index contributed by atoms with van der Waals surface area (Å²) in [5.41, 5.74) is -0.678. The van der Waals surface area contributed by atoms with Gasteiger partial charge in [0.2, 0.25) is 5.91 Å². The molecule has 24 heavy (non-hydrogen) atoms. The van der Waals surface area contributed by atoms with E-state index in [4.69, 9.17) is 0 Å². The molecule has 9 heteroatoms. The zero-order chi connectivity index (χ0) is 17.6. The molecule has 2 aliphatic rings. The molecular weight excluding hydrogens is 389 g/mol. The van der Waals surface area contributed by atoms with Gasteiger partial charge in [-0.05, 0) is 49.2 Å². The fourth-order valence-electron chi connectivity index (χ4n) is 3.62. The van der Waals surface area contributed by atoms with Crippen LogP contribution in [0.1, 0.15) is 37.2 Å². The van der Waals surface area contributed by atoms with Crippen LogP contribution in [0, 0.1) is 6.92 Å². The minimum atomic E-state index is -4.55. The highest BCUT2D eigenvalue weighted by atomic mass is 79.9. The third kappa shape index (κ3) is 3.08. The van der Waals surface area contributed by atoms with Gasteiger partial charge in [-0.1, -0.05) is 0 Å². The molecule has 0 spiro atoms. The number of nitrogens with zero attached hydrogens (tertiary/aromatic N) is 4. The number of carbonyl (C=O) groups excluding carboxylic acids is 1. The van der Waals surface area contributed by atoms with Crippen molar-refractivity contribution in [2.24, 2.45) is 0 Å². The Morgan fingerprint density at radius 2 is 2.04 bits per heavy atom. The van der Waals surface area contributed by atoms with Gasteiger partial charge in [0, 0.05) is 25.7 Å². The van der Waals surface area contributed by atoms with E-state index in [1.165, 1.54) is 11.6 Å². The van der Waals surface area contributed by atoms with E-state index < -0.39 is 17.9 Å². The summed E-state index contributed by atoms with van der Waals surface area (Å²) in [4.78, 5) is 16.9. The molecule has 2 unspecified atom stereocenters. The lowest BCUT2D eigenvalue weighted by Gasteiger charge is -2.38. The van der Waals surface area contributed by atoms with Crippen LogP contribution < -0.4 is 0 Å². The van der Waals surface area contributed by atoms with Gasteiger partial charge >= 0.3 is 6.18 Å². The maximum absolute atomic E-state index is 13.0. The number of alkyl halides is 3. The van der Waals surface area contributed by atoms with Crippen molar-refractivity contribution in [1.82, 2.24) is 19.6 Å². The SMILES string of the molecule is Cc1c(Br)c(C(F)(F)F)nn1C(C)C(=O)N1CCN2CCCC2C1. The summed E-state index contributed by atoms with van der Waals surface area (Å²) in [5, 5.41) is 3.65. The van der Waals surface area contributed by atoms with Crippen molar-refractivity contribution in [3.8, 4) is 0 Å². The average Bonchev–Trinajstić information content (AvgIpc) is 3.10. The normalized spacial score (nSPS) is 23.4. The number of rotatable bonds is 2. The molecule has 5 nitrogen and oxygen atoms in total. The first-order chi connectivity index (χ1) is 11.2. The number of piperazine rings is 1. The summed E-state index contributed by atoms with van der Waals surface area (Å²) in [6, 6.07) is -0.378. The number of hydrogen-bond donors (Lipinski definition) is 0. The lowest BCUT2D eigenvalue weighted by molar-refractivity contribution is -0.143. The minimum Gasteiger partial charge on any atom is -0.338 e. The van der Waals surface area contributed by atoms with Crippen LogP contribution in [0.3, 0.4) is 0 Å². The van der Waals surface area contributed by atoms with Crippen molar-refractivity contribution >= 4 is 21.8 Å². The molecule has 0 aliphatic carbocycles. The number of hydrogen-bond acceptors (Lipinski definition) is 3. The fraction of sp³-hybridized carbons (Fsp3) is 0.733. The van der Waals surface area contributed by atoms with Crippen LogP contribution in [0.5, 0.6) is 0 Å². The van der Waals surface area contributed by atoms with E-state index in [1.807, 2.05) is 0 Å². The maximum atomic E-state index is 13.0. The van der Waals surface area contributed by atoms with Crippen LogP contribution in [0.25, 0.3) is 0 Å². The first-order valence-electron chi connectivity index (χ1n) is 8.04. The fourth-order valence-corrected chi connectivity index (χ4v) is 4.10. The van der Waals surface area contributed by atoms with E-state index in [1.54, 1.807) is 11.8 Å². The number of halogens is 4. The van der Waals surface area contributed by atoms with Crippen molar-refractivity contribution in [3.05, 3.63) is 15.9 Å². The molecule has 2 fully saturated rings. The van der Waals surface area contributed by atoms with Crippen LogP contribution in [0.15, 0.2) is 4.47 Å². The monoisotopic (exact) mass is 408 g/mol. The lowest BCUT2D eigenvalue weighted by atomic mass is 10.1. The quantitative estimate of drug-likeness (QED) is 0.755. The number of amides is 1. The van der Waals surface area contributed by atoms with Gasteiger partial charge < -0.3 is 4.90 Å². The Morgan fingerprint density at radius 1 is 1.33 bits per heavy atom. The smallest absolute Gasteiger partial charge is 0.338 e. The molecule has 0 aromatic carbocycles. The van der Waals surface area contributed by atoms with E-state index >= 15 is 0 Å². The predicted octanol–water partition coefficient (Wildman–Crippen LogP) is 2.84. The summed E-state index contributed by atoms with van der Waals surface area (Å²) in [7, 11) is 0. The highest BCUT2D eigenvalue weighted by molar-refractivity contribution is 9.10. The Kier molecular flexibility index (Phi) is 4.67. The van der Waals surface area contributed by atoms with Gasteiger partial charge in [-0.2, -0.15) is 18.3 Å². The molecule has 1 aromatic heterocycles. The van der Waals surface area contributed by atoms with Crippen molar-refractivity contribution in [2.45, 2.75) is 44.9 Å². The summed E-state index contributed by atoms with van der Waals surface area (Å²) in [6.07, 6.45) is -2.34. The standard InChI is InChI=1S/C15H20BrF3N4O/c1-9-12(16)13(15(17,18)19)20-23(9)10(2)14(24)22-7-6-21-5-3-4-11(21)8-22/h10-11H,3-8H2,1-2H3. The van der Waals surface area contributed by atoms with Crippen molar-refractivity contribution in [3.63, 3.8) is 0 Å². The number of fused-ring (bicyclic) bond motifs is 1. The maximum Gasteiger partial charge on any atom is 0.436 e. The Morgan fingerprint density at radius 3 is 2.67 bits per heavy atom. The van der Waals surface area contributed by atoms with Gasteiger partial charge in [0.1, 0.15) is 6.04 Å². The van der Waals surface area contributed by atoms with Crippen LogP contribution in [0.2, 0.25) is 0 Å². The highest BCUT2D eigenvalue weighted by Gasteiger charge is 2.40. The molecule has 134 valence electrons. The van der Waals surface area contributed by atoms with Gasteiger partial charge in [-0.15, -0.1) is 0 Å². The third-order valence-electron chi connectivity index (χ3n) is 4.97. The molecule has 0 N–H and O–H groups in total. The minimum absolute atomic E-state index is 0.102. The van der Waals surface area contributed by atoms with Crippen LogP contribution in [0.4, 0.5) is 13.2 Å². The number of carbonyl (C=O) groups is 1. The second-order valence-corrected chi connectivity index (χ2v) is 7.28. The van der Waals surface area contributed by atoms with Crippen molar-refractivity contribution in [1.29, 1.82) is 0 Å². The molecule has 3 heterocycles. The first-order valence-corrected chi connectivity index (χ1v) is 8.84. The Bertz CT molecular complexity index is 645. The van der Waals surface area contributed by atoms with Gasteiger partial charge in [0.25, 0.3) is 0 Å². The molecule has 0 saturated carbocycles. The summed E-state index contributed by atoms with van der Waals surface area (Å²) >= 11 is 2.95. The zero-order valence-electron chi connectivity index (χ0n) is 13.6. The molecule has 1 aromatic rings. The lowest BCUT2D eigenvalue weighted by Crippen LogP contribution is -2.53. The van der Waals surface area contributed by atoms with E-state index in [-0.39, 0.29) is 10.4 Å². The van der Waals surface area contributed by atoms with Crippen molar-refractivity contribution in [2.75, 3.05) is 26.2 Å². The topological polar surface area (TPSA) is 41.4 Å². The summed E-state index contributed by atoms with van der Waals surface area (Å²) < 4.78 is 40.1. The molecular formula is C15H20BrF3N4O. The number of aromatic nitrogens is 2. The van der Waals surface area contributed by atoms with Crippen LogP contribution >= 0.6 is 15.9 Å². The molecule has 0 radical (unpaired) electrons. The molecule has 2 atom stereocenters. The summed E-state index contributed by atoms with van der Waals surface area (Å²) in [6.45, 7) is 6.31. The highest BCUT2D eigenvalue weighted by Crippen LogP contribution is 2.36. The Hall–Kier alpha value is -1.09. The second kappa shape index (κ2) is 6.33. The predicted molar refractivity (Wildman–Crippen MR) is 85.6 cm³/mol. The van der Waals surface area contributed by atoms with Crippen molar-refractivity contribution < 1.29 is 18.0 Å². The van der Waals surface area contributed by atoms with Crippen LogP contribution in [-0.4, -0.2) is 57.7 Å². The van der Waals surface area contributed by atoms with Gasteiger partial charge in [0.15, 0.2) is 5.69 Å². The molecule has 2 saturated heterocycles.